The van der Waals surface area contributed by atoms with Gasteiger partial charge in [0.05, 0.1) is 17.3 Å². The molecular formula is C19H25N3O2S2. The number of nitrogens with one attached hydrogen (secondary N) is 1. The fraction of sp³-hybridized carbons (Fsp3) is 0.474. The summed E-state index contributed by atoms with van der Waals surface area (Å²) in [6.45, 7) is 1.47. The van der Waals surface area contributed by atoms with Gasteiger partial charge in [-0.05, 0) is 42.9 Å². The Morgan fingerprint density at radius 1 is 1.35 bits per heavy atom. The van der Waals surface area contributed by atoms with Crippen molar-refractivity contribution in [1.29, 1.82) is 0 Å². The number of rotatable bonds is 7. The largest absolute Gasteiger partial charge is 0.357 e. The normalized spacial score (nSPS) is 16.8. The van der Waals surface area contributed by atoms with Gasteiger partial charge in [-0.2, -0.15) is 11.8 Å². The third-order valence-electron chi connectivity index (χ3n) is 4.59. The second-order valence-electron chi connectivity index (χ2n) is 6.56. The SMILES string of the molecule is CSCCNC(=O)c1ccc(C2CCCN2C(=O)Cc2ccn(C)c2)s1. The maximum atomic E-state index is 12.8. The molecule has 0 bridgehead atoms. The minimum Gasteiger partial charge on any atom is -0.357 e. The van der Waals surface area contributed by atoms with E-state index >= 15 is 0 Å². The topological polar surface area (TPSA) is 54.3 Å². The fourth-order valence-electron chi connectivity index (χ4n) is 3.31. The van der Waals surface area contributed by atoms with Crippen molar-refractivity contribution in [1.82, 2.24) is 14.8 Å². The van der Waals surface area contributed by atoms with Crippen LogP contribution in [0.4, 0.5) is 0 Å². The molecule has 0 spiro atoms. The molecule has 3 heterocycles. The smallest absolute Gasteiger partial charge is 0.261 e. The number of thioether (sulfide) groups is 1. The van der Waals surface area contributed by atoms with E-state index in [0.717, 1.165) is 40.5 Å². The Bertz CT molecular complexity index is 768. The lowest BCUT2D eigenvalue weighted by molar-refractivity contribution is -0.131. The van der Waals surface area contributed by atoms with Gasteiger partial charge in [-0.25, -0.2) is 0 Å². The summed E-state index contributed by atoms with van der Waals surface area (Å²) in [4.78, 5) is 28.8. The number of nitrogens with zero attached hydrogens (tertiary/aromatic N) is 2. The van der Waals surface area contributed by atoms with Crippen molar-refractivity contribution < 1.29 is 9.59 Å². The molecule has 3 rings (SSSR count). The summed E-state index contributed by atoms with van der Waals surface area (Å²) >= 11 is 3.22. The first-order valence-electron chi connectivity index (χ1n) is 8.85. The van der Waals surface area contributed by atoms with Crippen molar-refractivity contribution in [2.24, 2.45) is 7.05 Å². The third kappa shape index (κ3) is 4.51. The van der Waals surface area contributed by atoms with Gasteiger partial charge in [0.25, 0.3) is 5.91 Å². The highest BCUT2D eigenvalue weighted by molar-refractivity contribution is 7.98. The van der Waals surface area contributed by atoms with Crippen molar-refractivity contribution in [3.8, 4) is 0 Å². The molecular weight excluding hydrogens is 366 g/mol. The van der Waals surface area contributed by atoms with Crippen LogP contribution in [0.5, 0.6) is 0 Å². The quantitative estimate of drug-likeness (QED) is 0.738. The molecule has 7 heteroatoms. The molecule has 5 nitrogen and oxygen atoms in total. The van der Waals surface area contributed by atoms with Crippen LogP contribution in [0.3, 0.4) is 0 Å². The molecule has 1 saturated heterocycles. The second kappa shape index (κ2) is 8.77. The summed E-state index contributed by atoms with van der Waals surface area (Å²) in [7, 11) is 1.96. The van der Waals surface area contributed by atoms with E-state index in [2.05, 4.69) is 5.32 Å². The van der Waals surface area contributed by atoms with Crippen LogP contribution in [0.15, 0.2) is 30.6 Å². The van der Waals surface area contributed by atoms with Crippen LogP contribution in [0, 0.1) is 0 Å². The lowest BCUT2D eigenvalue weighted by atomic mass is 10.1. The Balaban J connectivity index is 1.64. The zero-order valence-corrected chi connectivity index (χ0v) is 16.9. The molecule has 0 aromatic carbocycles. The Hall–Kier alpha value is -1.73. The van der Waals surface area contributed by atoms with Crippen LogP contribution in [-0.2, 0) is 18.3 Å². The molecule has 2 aromatic rings. The van der Waals surface area contributed by atoms with Crippen LogP contribution >= 0.6 is 23.1 Å². The van der Waals surface area contributed by atoms with E-state index in [4.69, 9.17) is 0 Å². The molecule has 0 radical (unpaired) electrons. The molecule has 1 fully saturated rings. The first-order chi connectivity index (χ1) is 12.6. The molecule has 1 aliphatic rings. The lowest BCUT2D eigenvalue weighted by Crippen LogP contribution is -2.31. The zero-order valence-electron chi connectivity index (χ0n) is 15.2. The number of hydrogen-bond donors (Lipinski definition) is 1. The first-order valence-corrected chi connectivity index (χ1v) is 11.1. The standard InChI is InChI=1S/C19H25N3O2S2/c1-21-10-7-14(13-21)12-18(23)22-9-3-4-15(22)16-5-6-17(26-16)19(24)20-8-11-25-2/h5-7,10,13,15H,3-4,8-9,11-12H2,1-2H3,(H,20,24). The monoisotopic (exact) mass is 391 g/mol. The van der Waals surface area contributed by atoms with Gasteiger partial charge in [-0.3, -0.25) is 9.59 Å². The summed E-state index contributed by atoms with van der Waals surface area (Å²) in [6.07, 6.45) is 8.39. The predicted octanol–water partition coefficient (Wildman–Crippen LogP) is 3.09. The van der Waals surface area contributed by atoms with Crippen LogP contribution in [0.2, 0.25) is 0 Å². The van der Waals surface area contributed by atoms with Gasteiger partial charge in [-0.1, -0.05) is 0 Å². The van der Waals surface area contributed by atoms with E-state index in [1.807, 2.05) is 53.4 Å². The summed E-state index contributed by atoms with van der Waals surface area (Å²) in [5, 5.41) is 2.94. The van der Waals surface area contributed by atoms with Crippen LogP contribution < -0.4 is 5.32 Å². The van der Waals surface area contributed by atoms with E-state index in [1.165, 1.54) is 11.3 Å². The maximum Gasteiger partial charge on any atom is 0.261 e. The highest BCUT2D eigenvalue weighted by atomic mass is 32.2. The van der Waals surface area contributed by atoms with Gasteiger partial charge < -0.3 is 14.8 Å². The predicted molar refractivity (Wildman–Crippen MR) is 108 cm³/mol. The van der Waals surface area contributed by atoms with E-state index in [-0.39, 0.29) is 17.9 Å². The summed E-state index contributed by atoms with van der Waals surface area (Å²) in [6, 6.07) is 5.98. The van der Waals surface area contributed by atoms with Crippen molar-refractivity contribution >= 4 is 34.9 Å². The molecule has 0 saturated carbocycles. The van der Waals surface area contributed by atoms with Gasteiger partial charge in [0, 0.05) is 43.2 Å². The summed E-state index contributed by atoms with van der Waals surface area (Å²) in [5.41, 5.74) is 1.04. The van der Waals surface area contributed by atoms with Gasteiger partial charge in [0.15, 0.2) is 0 Å². The molecule has 1 unspecified atom stereocenters. The number of aromatic nitrogens is 1. The number of carbonyl (C=O) groups excluding carboxylic acids is 2. The number of amides is 2. The summed E-state index contributed by atoms with van der Waals surface area (Å²) in [5.74, 6) is 1.06. The molecule has 1 aliphatic heterocycles. The number of hydrogen-bond acceptors (Lipinski definition) is 4. The van der Waals surface area contributed by atoms with Gasteiger partial charge in [0.2, 0.25) is 5.91 Å². The Labute approximate surface area is 162 Å². The highest BCUT2D eigenvalue weighted by Gasteiger charge is 2.31. The number of carbonyl (C=O) groups is 2. The summed E-state index contributed by atoms with van der Waals surface area (Å²) < 4.78 is 1.96. The van der Waals surface area contributed by atoms with E-state index in [9.17, 15) is 9.59 Å². The van der Waals surface area contributed by atoms with Crippen LogP contribution in [-0.4, -0.2) is 46.4 Å². The third-order valence-corrected chi connectivity index (χ3v) is 6.39. The van der Waals surface area contributed by atoms with Gasteiger partial charge in [0.1, 0.15) is 0 Å². The van der Waals surface area contributed by atoms with Gasteiger partial charge in [-0.15, -0.1) is 11.3 Å². The highest BCUT2D eigenvalue weighted by Crippen LogP contribution is 2.36. The Morgan fingerprint density at radius 2 is 2.19 bits per heavy atom. The minimum atomic E-state index is -0.0181. The number of likely N-dealkylation sites (tertiary alicyclic amines) is 1. The average molecular weight is 392 g/mol. The van der Waals surface area contributed by atoms with E-state index < -0.39 is 0 Å². The zero-order chi connectivity index (χ0) is 18.5. The molecule has 1 N–H and O–H groups in total. The first kappa shape index (κ1) is 19.0. The lowest BCUT2D eigenvalue weighted by Gasteiger charge is -2.23. The van der Waals surface area contributed by atoms with E-state index in [0.29, 0.717) is 13.0 Å². The Morgan fingerprint density at radius 3 is 2.92 bits per heavy atom. The van der Waals surface area contributed by atoms with Crippen molar-refractivity contribution in [2.45, 2.75) is 25.3 Å². The van der Waals surface area contributed by atoms with Crippen molar-refractivity contribution in [3.05, 3.63) is 45.9 Å². The molecule has 2 aromatic heterocycles. The van der Waals surface area contributed by atoms with E-state index in [1.54, 1.807) is 11.8 Å². The van der Waals surface area contributed by atoms with Crippen molar-refractivity contribution in [3.63, 3.8) is 0 Å². The Kier molecular flexibility index (Phi) is 6.43. The average Bonchev–Trinajstić information content (AvgIpc) is 3.34. The molecule has 1 atom stereocenters. The minimum absolute atomic E-state index is 0.0181. The maximum absolute atomic E-state index is 12.8. The number of aryl methyl sites for hydroxylation is 1. The molecule has 2 amide bonds. The van der Waals surface area contributed by atoms with Crippen molar-refractivity contribution in [2.75, 3.05) is 25.1 Å². The van der Waals surface area contributed by atoms with Crippen LogP contribution in [0.25, 0.3) is 0 Å². The van der Waals surface area contributed by atoms with Gasteiger partial charge >= 0.3 is 0 Å². The molecule has 26 heavy (non-hydrogen) atoms. The molecule has 0 aliphatic carbocycles. The second-order valence-corrected chi connectivity index (χ2v) is 8.66. The fourth-order valence-corrected chi connectivity index (χ4v) is 4.69. The molecule has 140 valence electrons. The number of thiophene rings is 1. The van der Waals surface area contributed by atoms with Crippen LogP contribution in [0.1, 0.15) is 39.0 Å².